The van der Waals surface area contributed by atoms with Gasteiger partial charge in [-0.2, -0.15) is 0 Å². The Labute approximate surface area is 150 Å². The van der Waals surface area contributed by atoms with Gasteiger partial charge in [0.05, 0.1) is 5.25 Å². The highest BCUT2D eigenvalue weighted by atomic mass is 35.5. The minimum Gasteiger partial charge on any atom is -0.384 e. The zero-order valence-corrected chi connectivity index (χ0v) is 15.5. The first-order chi connectivity index (χ1) is 11.1. The quantitative estimate of drug-likeness (QED) is 0.880. The Morgan fingerprint density at radius 1 is 1.17 bits per heavy atom. The maximum atomic E-state index is 12.7. The van der Waals surface area contributed by atoms with E-state index in [1.165, 1.54) is 16.8 Å². The second kappa shape index (κ2) is 7.20. The van der Waals surface area contributed by atoms with Gasteiger partial charge in [-0.1, -0.05) is 18.2 Å². The van der Waals surface area contributed by atoms with Crippen LogP contribution in [0, 0.1) is 0 Å². The molecular formula is C17H26ClN3O2S. The van der Waals surface area contributed by atoms with Crippen molar-refractivity contribution in [2.24, 2.45) is 0 Å². The summed E-state index contributed by atoms with van der Waals surface area (Å²) in [4.78, 5) is 2.30. The number of fused-ring (bicyclic) bond motifs is 1. The average Bonchev–Trinajstić information content (AvgIpc) is 3.29. The van der Waals surface area contributed by atoms with E-state index >= 15 is 0 Å². The van der Waals surface area contributed by atoms with Crippen LogP contribution in [0.5, 0.6) is 0 Å². The molecule has 1 N–H and O–H groups in total. The van der Waals surface area contributed by atoms with Crippen molar-refractivity contribution in [1.82, 2.24) is 9.21 Å². The zero-order chi connectivity index (χ0) is 15.9. The SMILES string of the molecule is Cl.O=S(=O)(C1CCN(Cc2cccc3c2NCC3)C1)N1CCCC1. The van der Waals surface area contributed by atoms with Crippen LogP contribution >= 0.6 is 12.4 Å². The molecule has 2 saturated heterocycles. The van der Waals surface area contributed by atoms with E-state index in [0.29, 0.717) is 6.54 Å². The predicted octanol–water partition coefficient (Wildman–Crippen LogP) is 2.08. The van der Waals surface area contributed by atoms with E-state index in [9.17, 15) is 8.42 Å². The summed E-state index contributed by atoms with van der Waals surface area (Å²) in [6.07, 6.45) is 3.88. The maximum Gasteiger partial charge on any atom is 0.218 e. The molecule has 0 aliphatic carbocycles. The summed E-state index contributed by atoms with van der Waals surface area (Å²) < 4.78 is 27.1. The first kappa shape index (κ1) is 18.0. The van der Waals surface area contributed by atoms with Crippen molar-refractivity contribution in [3.8, 4) is 0 Å². The molecule has 3 aliphatic heterocycles. The summed E-state index contributed by atoms with van der Waals surface area (Å²) in [5.41, 5.74) is 3.97. The van der Waals surface area contributed by atoms with Gasteiger partial charge in [0.25, 0.3) is 0 Å². The largest absolute Gasteiger partial charge is 0.384 e. The molecule has 0 saturated carbocycles. The summed E-state index contributed by atoms with van der Waals surface area (Å²) in [6.45, 7) is 4.84. The van der Waals surface area contributed by atoms with Gasteiger partial charge < -0.3 is 5.32 Å². The lowest BCUT2D eigenvalue weighted by Crippen LogP contribution is -2.38. The minimum atomic E-state index is -3.10. The van der Waals surface area contributed by atoms with Gasteiger partial charge in [-0.3, -0.25) is 4.90 Å². The zero-order valence-electron chi connectivity index (χ0n) is 13.9. The van der Waals surface area contributed by atoms with Crippen molar-refractivity contribution < 1.29 is 8.42 Å². The van der Waals surface area contributed by atoms with Crippen LogP contribution in [0.25, 0.3) is 0 Å². The number of hydrogen-bond acceptors (Lipinski definition) is 4. The Morgan fingerprint density at radius 2 is 1.96 bits per heavy atom. The number of rotatable bonds is 4. The van der Waals surface area contributed by atoms with Gasteiger partial charge in [-0.25, -0.2) is 12.7 Å². The highest BCUT2D eigenvalue weighted by Crippen LogP contribution is 2.30. The van der Waals surface area contributed by atoms with E-state index in [-0.39, 0.29) is 17.7 Å². The molecule has 0 radical (unpaired) electrons. The summed E-state index contributed by atoms with van der Waals surface area (Å²) >= 11 is 0. The number of anilines is 1. The molecule has 2 fully saturated rings. The summed E-state index contributed by atoms with van der Waals surface area (Å²) in [6, 6.07) is 6.47. The summed E-state index contributed by atoms with van der Waals surface area (Å²) in [7, 11) is -3.10. The highest BCUT2D eigenvalue weighted by Gasteiger charge is 2.38. The monoisotopic (exact) mass is 371 g/mol. The molecule has 3 aliphatic rings. The Kier molecular flexibility index (Phi) is 5.39. The number of nitrogens with one attached hydrogen (secondary N) is 1. The van der Waals surface area contributed by atoms with Crippen molar-refractivity contribution in [1.29, 1.82) is 0 Å². The Morgan fingerprint density at radius 3 is 2.75 bits per heavy atom. The van der Waals surface area contributed by atoms with Crippen molar-refractivity contribution in [3.63, 3.8) is 0 Å². The van der Waals surface area contributed by atoms with Crippen LogP contribution in [-0.2, 0) is 23.0 Å². The van der Waals surface area contributed by atoms with Gasteiger partial charge in [0.2, 0.25) is 10.0 Å². The highest BCUT2D eigenvalue weighted by molar-refractivity contribution is 7.89. The van der Waals surface area contributed by atoms with Crippen molar-refractivity contribution in [2.75, 3.05) is 38.0 Å². The molecule has 24 heavy (non-hydrogen) atoms. The lowest BCUT2D eigenvalue weighted by atomic mass is 10.1. The molecule has 1 aromatic rings. The van der Waals surface area contributed by atoms with Gasteiger partial charge in [-0.15, -0.1) is 12.4 Å². The van der Waals surface area contributed by atoms with Gasteiger partial charge in [-0.05, 0) is 43.4 Å². The molecule has 7 heteroatoms. The predicted molar refractivity (Wildman–Crippen MR) is 99.3 cm³/mol. The van der Waals surface area contributed by atoms with Crippen LogP contribution in [0.4, 0.5) is 5.69 Å². The third kappa shape index (κ3) is 3.29. The van der Waals surface area contributed by atoms with E-state index in [1.54, 1.807) is 4.31 Å². The van der Waals surface area contributed by atoms with Gasteiger partial charge in [0.15, 0.2) is 0 Å². The molecule has 134 valence electrons. The second-order valence-electron chi connectivity index (χ2n) is 6.92. The van der Waals surface area contributed by atoms with E-state index in [0.717, 1.165) is 58.4 Å². The molecule has 1 atom stereocenters. The van der Waals surface area contributed by atoms with Crippen molar-refractivity contribution in [2.45, 2.75) is 37.5 Å². The fourth-order valence-electron chi connectivity index (χ4n) is 4.12. The number of para-hydroxylation sites is 1. The molecule has 1 unspecified atom stereocenters. The Hall–Kier alpha value is -0.820. The first-order valence-electron chi connectivity index (χ1n) is 8.70. The lowest BCUT2D eigenvalue weighted by Gasteiger charge is -2.22. The number of likely N-dealkylation sites (tertiary alicyclic amines) is 1. The van der Waals surface area contributed by atoms with Crippen LogP contribution in [0.2, 0.25) is 0 Å². The van der Waals surface area contributed by atoms with Crippen LogP contribution in [0.1, 0.15) is 30.4 Å². The fourth-order valence-corrected chi connectivity index (χ4v) is 6.11. The molecule has 0 amide bonds. The molecule has 0 bridgehead atoms. The smallest absolute Gasteiger partial charge is 0.218 e. The minimum absolute atomic E-state index is 0. The molecule has 3 heterocycles. The summed E-state index contributed by atoms with van der Waals surface area (Å²) in [5.74, 6) is 0. The van der Waals surface area contributed by atoms with Crippen LogP contribution < -0.4 is 5.32 Å². The van der Waals surface area contributed by atoms with Crippen LogP contribution in [0.15, 0.2) is 18.2 Å². The Balaban J connectivity index is 0.00000169. The lowest BCUT2D eigenvalue weighted by molar-refractivity contribution is 0.330. The number of hydrogen-bond donors (Lipinski definition) is 1. The number of nitrogens with zero attached hydrogens (tertiary/aromatic N) is 2. The fraction of sp³-hybridized carbons (Fsp3) is 0.647. The molecule has 5 nitrogen and oxygen atoms in total. The van der Waals surface area contributed by atoms with Gasteiger partial charge in [0, 0.05) is 38.4 Å². The normalized spacial score (nSPS) is 24.6. The standard InChI is InChI=1S/C17H25N3O2S.ClH/c21-23(22,20-9-1-2-10-20)16-7-11-19(13-16)12-15-5-3-4-14-6-8-18-17(14)15;/h3-5,16,18H,1-2,6-13H2;1H. The van der Waals surface area contributed by atoms with Crippen LogP contribution in [-0.4, -0.2) is 55.6 Å². The molecule has 1 aromatic carbocycles. The van der Waals surface area contributed by atoms with E-state index in [1.807, 2.05) is 0 Å². The average molecular weight is 372 g/mol. The van der Waals surface area contributed by atoms with Crippen molar-refractivity contribution in [3.05, 3.63) is 29.3 Å². The number of sulfonamides is 1. The van der Waals surface area contributed by atoms with E-state index in [2.05, 4.69) is 28.4 Å². The van der Waals surface area contributed by atoms with Crippen molar-refractivity contribution >= 4 is 28.1 Å². The third-order valence-electron chi connectivity index (χ3n) is 5.40. The maximum absolute atomic E-state index is 12.7. The first-order valence-corrected chi connectivity index (χ1v) is 10.2. The molecule has 0 spiro atoms. The summed E-state index contributed by atoms with van der Waals surface area (Å²) in [5, 5.41) is 3.26. The van der Waals surface area contributed by atoms with Crippen LogP contribution in [0.3, 0.4) is 0 Å². The number of halogens is 1. The van der Waals surface area contributed by atoms with Gasteiger partial charge >= 0.3 is 0 Å². The third-order valence-corrected chi connectivity index (χ3v) is 7.71. The molecule has 4 rings (SSSR count). The molecular weight excluding hydrogens is 346 g/mol. The van der Waals surface area contributed by atoms with E-state index in [4.69, 9.17) is 0 Å². The topological polar surface area (TPSA) is 52.7 Å². The van der Waals surface area contributed by atoms with E-state index < -0.39 is 10.0 Å². The van der Waals surface area contributed by atoms with Gasteiger partial charge in [0.1, 0.15) is 0 Å². The molecule has 0 aromatic heterocycles. The number of benzene rings is 1. The Bertz CT molecular complexity index is 689. The second-order valence-corrected chi connectivity index (χ2v) is 9.14.